The van der Waals surface area contributed by atoms with Crippen molar-refractivity contribution < 1.29 is 9.59 Å². The quantitative estimate of drug-likeness (QED) is 0.704. The number of hydrogen-bond acceptors (Lipinski definition) is 3. The molecule has 1 aliphatic heterocycles. The molecule has 0 aromatic rings. The van der Waals surface area contributed by atoms with Crippen molar-refractivity contribution in [2.45, 2.75) is 45.2 Å². The monoisotopic (exact) mass is 227 g/mol. The summed E-state index contributed by atoms with van der Waals surface area (Å²) in [6.07, 6.45) is 1.08. The minimum Gasteiger partial charge on any atom is -0.352 e. The van der Waals surface area contributed by atoms with Gasteiger partial charge in [-0.2, -0.15) is 0 Å². The van der Waals surface area contributed by atoms with E-state index in [0.29, 0.717) is 19.5 Å². The molecule has 1 aliphatic rings. The molecule has 1 saturated heterocycles. The third kappa shape index (κ3) is 2.52. The highest BCUT2D eigenvalue weighted by atomic mass is 16.2. The average molecular weight is 227 g/mol. The molecule has 5 heteroatoms. The highest BCUT2D eigenvalue weighted by Gasteiger charge is 2.40. The van der Waals surface area contributed by atoms with Gasteiger partial charge in [0.1, 0.15) is 5.54 Å². The van der Waals surface area contributed by atoms with Gasteiger partial charge in [-0.1, -0.05) is 6.92 Å². The topological polar surface area (TPSA) is 75.4 Å². The Bertz CT molecular complexity index is 289. The molecule has 3 N–H and O–H groups in total. The fourth-order valence-electron chi connectivity index (χ4n) is 1.81. The van der Waals surface area contributed by atoms with Crippen molar-refractivity contribution in [1.29, 1.82) is 0 Å². The van der Waals surface area contributed by atoms with E-state index >= 15 is 0 Å². The number of nitrogens with one attached hydrogen (secondary N) is 1. The van der Waals surface area contributed by atoms with Crippen molar-refractivity contribution in [3.8, 4) is 0 Å². The Labute approximate surface area is 96.4 Å². The fourth-order valence-corrected chi connectivity index (χ4v) is 1.81. The molecule has 0 bridgehead atoms. The third-order valence-corrected chi connectivity index (χ3v) is 3.11. The van der Waals surface area contributed by atoms with Crippen LogP contribution >= 0.6 is 0 Å². The fraction of sp³-hybridized carbons (Fsp3) is 0.818. The van der Waals surface area contributed by atoms with Gasteiger partial charge in [0, 0.05) is 25.6 Å². The molecule has 0 aromatic heterocycles. The summed E-state index contributed by atoms with van der Waals surface area (Å²) in [5, 5.41) is 2.76. The average Bonchev–Trinajstić information content (AvgIpc) is 2.21. The number of carbonyl (C=O) groups is 2. The Morgan fingerprint density at radius 2 is 2.25 bits per heavy atom. The summed E-state index contributed by atoms with van der Waals surface area (Å²) in [4.78, 5) is 25.3. The minimum absolute atomic E-state index is 0.0331. The Morgan fingerprint density at radius 1 is 1.62 bits per heavy atom. The van der Waals surface area contributed by atoms with Gasteiger partial charge in [0.25, 0.3) is 0 Å². The van der Waals surface area contributed by atoms with Gasteiger partial charge >= 0.3 is 0 Å². The van der Waals surface area contributed by atoms with Crippen LogP contribution in [0, 0.1) is 0 Å². The van der Waals surface area contributed by atoms with Crippen molar-refractivity contribution in [3.05, 3.63) is 0 Å². The van der Waals surface area contributed by atoms with Crippen LogP contribution in [0.15, 0.2) is 0 Å². The summed E-state index contributed by atoms with van der Waals surface area (Å²) in [6, 6.07) is -0.117. The molecule has 1 atom stereocenters. The number of amides is 2. The number of carbonyl (C=O) groups excluding carboxylic acids is 2. The van der Waals surface area contributed by atoms with Crippen molar-refractivity contribution in [2.24, 2.45) is 5.73 Å². The summed E-state index contributed by atoms with van der Waals surface area (Å²) in [6.45, 7) is 6.56. The van der Waals surface area contributed by atoms with Crippen LogP contribution in [0.2, 0.25) is 0 Å². The first-order valence-corrected chi connectivity index (χ1v) is 5.74. The number of nitrogens with zero attached hydrogens (tertiary/aromatic N) is 1. The molecule has 0 aliphatic carbocycles. The van der Waals surface area contributed by atoms with E-state index in [1.54, 1.807) is 18.7 Å². The second kappa shape index (κ2) is 4.82. The lowest BCUT2D eigenvalue weighted by molar-refractivity contribution is -0.149. The van der Waals surface area contributed by atoms with Crippen molar-refractivity contribution in [3.63, 3.8) is 0 Å². The smallest absolute Gasteiger partial charge is 0.245 e. The number of hydrogen-bond donors (Lipinski definition) is 2. The zero-order valence-corrected chi connectivity index (χ0v) is 10.2. The van der Waals surface area contributed by atoms with E-state index in [9.17, 15) is 9.59 Å². The molecule has 5 nitrogen and oxygen atoms in total. The van der Waals surface area contributed by atoms with Crippen LogP contribution in [-0.2, 0) is 9.59 Å². The molecular formula is C11H21N3O2. The van der Waals surface area contributed by atoms with Gasteiger partial charge in [0.2, 0.25) is 11.8 Å². The molecular weight excluding hydrogens is 206 g/mol. The van der Waals surface area contributed by atoms with E-state index in [4.69, 9.17) is 5.73 Å². The normalized spacial score (nSPS) is 21.5. The van der Waals surface area contributed by atoms with Gasteiger partial charge in [-0.3, -0.25) is 9.59 Å². The van der Waals surface area contributed by atoms with Gasteiger partial charge in [-0.15, -0.1) is 0 Å². The first-order chi connectivity index (χ1) is 7.39. The predicted molar refractivity (Wildman–Crippen MR) is 61.7 cm³/mol. The molecule has 1 fully saturated rings. The largest absolute Gasteiger partial charge is 0.352 e. The Morgan fingerprint density at radius 3 is 2.81 bits per heavy atom. The van der Waals surface area contributed by atoms with Crippen molar-refractivity contribution in [2.75, 3.05) is 13.1 Å². The highest BCUT2D eigenvalue weighted by Crippen LogP contribution is 2.19. The van der Waals surface area contributed by atoms with E-state index in [-0.39, 0.29) is 17.9 Å². The Hall–Kier alpha value is -1.10. The van der Waals surface area contributed by atoms with E-state index < -0.39 is 5.54 Å². The molecule has 0 saturated carbocycles. The van der Waals surface area contributed by atoms with Crippen LogP contribution < -0.4 is 11.1 Å². The molecule has 16 heavy (non-hydrogen) atoms. The summed E-state index contributed by atoms with van der Waals surface area (Å²) in [5.74, 6) is -0.133. The van der Waals surface area contributed by atoms with Crippen LogP contribution in [0.5, 0.6) is 0 Å². The number of piperazine rings is 1. The molecule has 0 spiro atoms. The molecule has 1 rings (SSSR count). The van der Waals surface area contributed by atoms with E-state index in [0.717, 1.165) is 6.42 Å². The van der Waals surface area contributed by atoms with Crippen LogP contribution in [0.4, 0.5) is 0 Å². The van der Waals surface area contributed by atoms with E-state index in [1.807, 2.05) is 6.92 Å². The maximum atomic E-state index is 12.0. The lowest BCUT2D eigenvalue weighted by Crippen LogP contribution is -2.63. The maximum absolute atomic E-state index is 12.0. The van der Waals surface area contributed by atoms with Crippen molar-refractivity contribution in [1.82, 2.24) is 10.2 Å². The predicted octanol–water partition coefficient (Wildman–Crippen LogP) is -0.149. The summed E-state index contributed by atoms with van der Waals surface area (Å²) < 4.78 is 0. The lowest BCUT2D eigenvalue weighted by Gasteiger charge is -2.41. The van der Waals surface area contributed by atoms with Gasteiger partial charge in [0.15, 0.2) is 0 Å². The molecule has 1 unspecified atom stereocenters. The van der Waals surface area contributed by atoms with Gasteiger partial charge in [0.05, 0.1) is 0 Å². The Balaban J connectivity index is 2.71. The zero-order valence-electron chi connectivity index (χ0n) is 10.2. The molecule has 0 radical (unpaired) electrons. The minimum atomic E-state index is -0.761. The molecule has 0 aromatic carbocycles. The van der Waals surface area contributed by atoms with Crippen molar-refractivity contribution >= 4 is 11.8 Å². The van der Waals surface area contributed by atoms with Gasteiger partial charge in [-0.05, 0) is 20.3 Å². The van der Waals surface area contributed by atoms with Crippen LogP contribution in [0.25, 0.3) is 0 Å². The second-order valence-electron chi connectivity index (χ2n) is 4.73. The summed E-state index contributed by atoms with van der Waals surface area (Å²) in [7, 11) is 0. The second-order valence-corrected chi connectivity index (χ2v) is 4.73. The maximum Gasteiger partial charge on any atom is 0.245 e. The highest BCUT2D eigenvalue weighted by molar-refractivity contribution is 5.91. The van der Waals surface area contributed by atoms with Gasteiger partial charge < -0.3 is 16.0 Å². The summed E-state index contributed by atoms with van der Waals surface area (Å²) in [5.41, 5.74) is 4.99. The number of rotatable bonds is 3. The van der Waals surface area contributed by atoms with Crippen LogP contribution in [0.3, 0.4) is 0 Å². The van der Waals surface area contributed by atoms with E-state index in [2.05, 4.69) is 5.32 Å². The molecule has 1 heterocycles. The lowest BCUT2D eigenvalue weighted by atomic mass is 9.97. The van der Waals surface area contributed by atoms with Crippen LogP contribution in [-0.4, -0.2) is 41.4 Å². The SMILES string of the molecule is CCC(N)CC(=O)N1CCNC(=O)C1(C)C. The van der Waals surface area contributed by atoms with E-state index in [1.165, 1.54) is 0 Å². The molecule has 92 valence electrons. The van der Waals surface area contributed by atoms with Crippen LogP contribution in [0.1, 0.15) is 33.6 Å². The standard InChI is InChI=1S/C11H21N3O2/c1-4-8(12)7-9(15)14-6-5-13-10(16)11(14,2)3/h8H,4-7,12H2,1-3H3,(H,13,16). The first kappa shape index (κ1) is 13.0. The summed E-state index contributed by atoms with van der Waals surface area (Å²) >= 11 is 0. The third-order valence-electron chi connectivity index (χ3n) is 3.11. The zero-order chi connectivity index (χ0) is 12.3. The number of nitrogens with two attached hydrogens (primary N) is 1. The van der Waals surface area contributed by atoms with Gasteiger partial charge in [-0.25, -0.2) is 0 Å². The Kier molecular flexibility index (Phi) is 3.91. The first-order valence-electron chi connectivity index (χ1n) is 5.74. The molecule has 2 amide bonds.